The highest BCUT2D eigenvalue weighted by Crippen LogP contribution is 2.25. The first-order valence-corrected chi connectivity index (χ1v) is 5.42. The van der Waals surface area contributed by atoms with E-state index in [1.807, 2.05) is 0 Å². The van der Waals surface area contributed by atoms with E-state index in [2.05, 4.69) is 17.9 Å². The molecule has 2 nitrogen and oxygen atoms in total. The Morgan fingerprint density at radius 2 is 2.27 bits per heavy atom. The summed E-state index contributed by atoms with van der Waals surface area (Å²) >= 11 is 9.77. The van der Waals surface area contributed by atoms with Crippen LogP contribution in [0, 0.1) is 12.7 Å². The van der Waals surface area contributed by atoms with Crippen molar-refractivity contribution in [3.63, 3.8) is 0 Å². The van der Waals surface area contributed by atoms with Gasteiger partial charge in [0.1, 0.15) is 5.82 Å². The first-order chi connectivity index (χ1) is 7.04. The predicted molar refractivity (Wildman–Crippen MR) is 63.2 cm³/mol. The van der Waals surface area contributed by atoms with Gasteiger partial charge in [0, 0.05) is 6.42 Å². The van der Waals surface area contributed by atoms with Gasteiger partial charge in [-0.2, -0.15) is 12.6 Å². The standard InChI is InChI=1S/C10H11ClFNOS/c1-6-4-7(11)9(5-8(6)12)13-10(14)2-3-15/h4-5,15H,2-3H2,1H3,(H,13,14). The van der Waals surface area contributed by atoms with Crippen molar-refractivity contribution >= 4 is 35.8 Å². The second kappa shape index (κ2) is 5.37. The lowest BCUT2D eigenvalue weighted by Gasteiger charge is -2.07. The Hall–Kier alpha value is -0.740. The van der Waals surface area contributed by atoms with Gasteiger partial charge in [-0.05, 0) is 30.4 Å². The monoisotopic (exact) mass is 247 g/mol. The van der Waals surface area contributed by atoms with Crippen molar-refractivity contribution in [2.75, 3.05) is 11.1 Å². The minimum absolute atomic E-state index is 0.227. The number of aryl methyl sites for hydroxylation is 1. The Labute approximate surface area is 98.2 Å². The molecule has 0 aliphatic heterocycles. The van der Waals surface area contributed by atoms with Crippen LogP contribution in [0.3, 0.4) is 0 Å². The molecule has 1 amide bonds. The van der Waals surface area contributed by atoms with Crippen LogP contribution in [-0.2, 0) is 4.79 Å². The van der Waals surface area contributed by atoms with E-state index in [9.17, 15) is 9.18 Å². The second-order valence-electron chi connectivity index (χ2n) is 3.10. The SMILES string of the molecule is Cc1cc(Cl)c(NC(=O)CCS)cc1F. The molecule has 0 aliphatic rings. The minimum Gasteiger partial charge on any atom is -0.325 e. The Morgan fingerprint density at radius 3 is 2.87 bits per heavy atom. The molecular weight excluding hydrogens is 237 g/mol. The van der Waals surface area contributed by atoms with Crippen LogP contribution in [0.15, 0.2) is 12.1 Å². The normalized spacial score (nSPS) is 10.1. The van der Waals surface area contributed by atoms with Crippen LogP contribution < -0.4 is 5.32 Å². The van der Waals surface area contributed by atoms with Gasteiger partial charge >= 0.3 is 0 Å². The topological polar surface area (TPSA) is 29.1 Å². The number of carbonyl (C=O) groups is 1. The van der Waals surface area contributed by atoms with Crippen molar-refractivity contribution in [3.05, 3.63) is 28.5 Å². The second-order valence-corrected chi connectivity index (χ2v) is 3.96. The summed E-state index contributed by atoms with van der Waals surface area (Å²) in [6, 6.07) is 2.70. The third kappa shape index (κ3) is 3.39. The summed E-state index contributed by atoms with van der Waals surface area (Å²) in [5, 5.41) is 2.85. The fourth-order valence-electron chi connectivity index (χ4n) is 1.06. The average molecular weight is 248 g/mol. The first-order valence-electron chi connectivity index (χ1n) is 4.41. The molecule has 15 heavy (non-hydrogen) atoms. The number of hydrogen-bond acceptors (Lipinski definition) is 2. The molecule has 82 valence electrons. The largest absolute Gasteiger partial charge is 0.325 e. The Bertz CT molecular complexity index is 384. The van der Waals surface area contributed by atoms with Gasteiger partial charge in [-0.1, -0.05) is 11.6 Å². The number of carbonyl (C=O) groups excluding carboxylic acids is 1. The van der Waals surface area contributed by atoms with E-state index in [1.165, 1.54) is 12.1 Å². The van der Waals surface area contributed by atoms with Crippen molar-refractivity contribution in [1.29, 1.82) is 0 Å². The molecule has 1 rings (SSSR count). The van der Waals surface area contributed by atoms with E-state index in [4.69, 9.17) is 11.6 Å². The van der Waals surface area contributed by atoms with Crippen LogP contribution in [0.5, 0.6) is 0 Å². The Kier molecular flexibility index (Phi) is 4.42. The first kappa shape index (κ1) is 12.3. The van der Waals surface area contributed by atoms with E-state index < -0.39 is 0 Å². The molecule has 0 saturated heterocycles. The maximum atomic E-state index is 13.2. The number of nitrogens with one attached hydrogen (secondary N) is 1. The molecule has 0 aromatic heterocycles. The van der Waals surface area contributed by atoms with Crippen molar-refractivity contribution in [2.45, 2.75) is 13.3 Å². The minimum atomic E-state index is -0.388. The average Bonchev–Trinajstić information content (AvgIpc) is 2.14. The maximum Gasteiger partial charge on any atom is 0.225 e. The summed E-state index contributed by atoms with van der Waals surface area (Å²) < 4.78 is 13.2. The van der Waals surface area contributed by atoms with Gasteiger partial charge < -0.3 is 5.32 Å². The van der Waals surface area contributed by atoms with Gasteiger partial charge in [0.15, 0.2) is 0 Å². The van der Waals surface area contributed by atoms with Crippen molar-refractivity contribution < 1.29 is 9.18 Å². The highest BCUT2D eigenvalue weighted by atomic mass is 35.5. The lowest BCUT2D eigenvalue weighted by atomic mass is 10.2. The summed E-state index contributed by atoms with van der Waals surface area (Å²) in [6.07, 6.45) is 0.273. The van der Waals surface area contributed by atoms with E-state index in [1.54, 1.807) is 6.92 Å². The van der Waals surface area contributed by atoms with Crippen LogP contribution in [0.25, 0.3) is 0 Å². The van der Waals surface area contributed by atoms with E-state index in [-0.39, 0.29) is 18.1 Å². The van der Waals surface area contributed by atoms with Gasteiger partial charge in [0.05, 0.1) is 10.7 Å². The van der Waals surface area contributed by atoms with Crippen molar-refractivity contribution in [2.24, 2.45) is 0 Å². The van der Waals surface area contributed by atoms with Crippen LogP contribution in [0.2, 0.25) is 5.02 Å². The molecular formula is C10H11ClFNOS. The molecule has 0 unspecified atom stereocenters. The summed E-state index contributed by atoms with van der Waals surface area (Å²) in [7, 11) is 0. The Morgan fingerprint density at radius 1 is 1.60 bits per heavy atom. The number of rotatable bonds is 3. The van der Waals surface area contributed by atoms with Gasteiger partial charge in [-0.25, -0.2) is 4.39 Å². The summed E-state index contributed by atoms with van der Waals surface area (Å²) in [5.41, 5.74) is 0.749. The van der Waals surface area contributed by atoms with Gasteiger partial charge in [0.25, 0.3) is 0 Å². The number of thiol groups is 1. The molecule has 1 aromatic rings. The van der Waals surface area contributed by atoms with Gasteiger partial charge in [-0.3, -0.25) is 4.79 Å². The summed E-state index contributed by atoms with van der Waals surface area (Å²) in [4.78, 5) is 11.2. The molecule has 5 heteroatoms. The third-order valence-corrected chi connectivity index (χ3v) is 2.40. The molecule has 0 fully saturated rings. The van der Waals surface area contributed by atoms with Crippen LogP contribution in [-0.4, -0.2) is 11.7 Å². The fourth-order valence-corrected chi connectivity index (χ4v) is 1.52. The molecule has 1 aromatic carbocycles. The number of anilines is 1. The lowest BCUT2D eigenvalue weighted by molar-refractivity contribution is -0.115. The molecule has 0 heterocycles. The number of hydrogen-bond donors (Lipinski definition) is 2. The van der Waals surface area contributed by atoms with Crippen LogP contribution in [0.1, 0.15) is 12.0 Å². The smallest absolute Gasteiger partial charge is 0.225 e. The van der Waals surface area contributed by atoms with Crippen LogP contribution in [0.4, 0.5) is 10.1 Å². The summed E-state index contributed by atoms with van der Waals surface area (Å²) in [5.74, 6) is -0.173. The van der Waals surface area contributed by atoms with Crippen molar-refractivity contribution in [1.82, 2.24) is 0 Å². The highest BCUT2D eigenvalue weighted by Gasteiger charge is 2.08. The van der Waals surface area contributed by atoms with E-state index in [0.717, 1.165) is 0 Å². The van der Waals surface area contributed by atoms with Gasteiger partial charge in [-0.15, -0.1) is 0 Å². The van der Waals surface area contributed by atoms with E-state index >= 15 is 0 Å². The zero-order valence-corrected chi connectivity index (χ0v) is 9.83. The molecule has 0 bridgehead atoms. The van der Waals surface area contributed by atoms with Crippen LogP contribution >= 0.6 is 24.2 Å². The molecule has 1 N–H and O–H groups in total. The zero-order valence-electron chi connectivity index (χ0n) is 8.18. The number of benzene rings is 1. The molecule has 0 atom stereocenters. The summed E-state index contributed by atoms with van der Waals surface area (Å²) in [6.45, 7) is 1.61. The van der Waals surface area contributed by atoms with Crippen molar-refractivity contribution in [3.8, 4) is 0 Å². The van der Waals surface area contributed by atoms with E-state index in [0.29, 0.717) is 22.0 Å². The number of amides is 1. The lowest BCUT2D eigenvalue weighted by Crippen LogP contribution is -2.12. The third-order valence-electron chi connectivity index (χ3n) is 1.86. The van der Waals surface area contributed by atoms with Gasteiger partial charge in [0.2, 0.25) is 5.91 Å². The molecule has 0 spiro atoms. The Balaban J connectivity index is 2.86. The fraction of sp³-hybridized carbons (Fsp3) is 0.300. The predicted octanol–water partition coefficient (Wildman–Crippen LogP) is 3.05. The zero-order chi connectivity index (χ0) is 11.4. The number of halogens is 2. The molecule has 0 radical (unpaired) electrons. The molecule has 0 saturated carbocycles. The maximum absolute atomic E-state index is 13.2. The quantitative estimate of drug-likeness (QED) is 0.790. The highest BCUT2D eigenvalue weighted by molar-refractivity contribution is 7.80. The molecule has 0 aliphatic carbocycles.